The minimum absolute atomic E-state index is 0.0427. The number of benzene rings is 2. The number of ketones is 1. The van der Waals surface area contributed by atoms with Gasteiger partial charge in [-0.1, -0.05) is 76.8 Å². The fraction of sp³-hybridized carbons (Fsp3) is 0.231. The van der Waals surface area contributed by atoms with Crippen molar-refractivity contribution in [2.45, 2.75) is 37.5 Å². The number of hydrogen-bond acceptors (Lipinski definition) is 2. The van der Waals surface area contributed by atoms with E-state index in [9.17, 15) is 31.1 Å². The maximum Gasteiger partial charge on any atom is 0.433 e. The maximum absolute atomic E-state index is 13.7. The molecule has 0 aliphatic rings. The van der Waals surface area contributed by atoms with E-state index in [0.717, 1.165) is 30.5 Å². The molecule has 202 valence electrons. The highest BCUT2D eigenvalue weighted by molar-refractivity contribution is 6.48. The van der Waals surface area contributed by atoms with Crippen molar-refractivity contribution in [3.8, 4) is 0 Å². The summed E-state index contributed by atoms with van der Waals surface area (Å²) in [5.41, 5.74) is 0.0966. The molecule has 3 aromatic rings. The number of aryl methyl sites for hydroxylation is 1. The summed E-state index contributed by atoms with van der Waals surface area (Å²) in [5.74, 6) is -2.24. The van der Waals surface area contributed by atoms with Gasteiger partial charge in [0.15, 0.2) is 0 Å². The van der Waals surface area contributed by atoms with Gasteiger partial charge in [0.2, 0.25) is 0 Å². The maximum atomic E-state index is 13.7. The second kappa shape index (κ2) is 12.3. The molecule has 0 aliphatic heterocycles. The van der Waals surface area contributed by atoms with E-state index >= 15 is 0 Å². The number of aromatic nitrogens is 1. The molecule has 0 radical (unpaired) electrons. The Kier molecular flexibility index (Phi) is 9.79. The van der Waals surface area contributed by atoms with Crippen molar-refractivity contribution in [2.24, 2.45) is 0 Å². The van der Waals surface area contributed by atoms with Crippen molar-refractivity contribution in [3.05, 3.63) is 103 Å². The second-order valence-corrected chi connectivity index (χ2v) is 9.89. The number of allylic oxidation sites excluding steroid dienone is 1. The van der Waals surface area contributed by atoms with Crippen LogP contribution in [-0.4, -0.2) is 16.9 Å². The van der Waals surface area contributed by atoms with Crippen molar-refractivity contribution >= 4 is 58.3 Å². The van der Waals surface area contributed by atoms with E-state index in [2.05, 4.69) is 4.98 Å². The van der Waals surface area contributed by atoms with Crippen molar-refractivity contribution in [2.75, 3.05) is 0 Å². The summed E-state index contributed by atoms with van der Waals surface area (Å²) in [5, 5.41) is -0.00199. The molecule has 2 aromatic carbocycles. The highest BCUT2D eigenvalue weighted by Crippen LogP contribution is 2.41. The second-order valence-electron chi connectivity index (χ2n) is 8.29. The predicted molar refractivity (Wildman–Crippen MR) is 137 cm³/mol. The monoisotopic (exact) mass is 613 g/mol. The summed E-state index contributed by atoms with van der Waals surface area (Å²) in [4.78, 5) is 15.6. The zero-order valence-corrected chi connectivity index (χ0v) is 22.1. The largest absolute Gasteiger partial charge is 0.433 e. The van der Waals surface area contributed by atoms with Crippen molar-refractivity contribution in [1.82, 2.24) is 4.98 Å². The Morgan fingerprint density at radius 2 is 1.55 bits per heavy atom. The highest BCUT2D eigenvalue weighted by atomic mass is 35.5. The fourth-order valence-corrected chi connectivity index (χ4v) is 4.42. The van der Waals surface area contributed by atoms with Crippen LogP contribution in [0.4, 0.5) is 26.3 Å². The number of halogens is 10. The number of alkyl halides is 6. The number of rotatable bonds is 8. The Balaban J connectivity index is 1.67. The smallest absolute Gasteiger partial charge is 0.299 e. The quantitative estimate of drug-likeness (QED) is 0.187. The first kappa shape index (κ1) is 30.3. The Hall–Kier alpha value is -2.26. The van der Waals surface area contributed by atoms with Crippen LogP contribution >= 0.6 is 46.4 Å². The van der Waals surface area contributed by atoms with Crippen molar-refractivity contribution in [3.63, 3.8) is 0 Å². The van der Waals surface area contributed by atoms with Gasteiger partial charge in [-0.25, -0.2) is 0 Å². The predicted octanol–water partition coefficient (Wildman–Crippen LogP) is 9.82. The number of pyridine rings is 1. The van der Waals surface area contributed by atoms with E-state index in [4.69, 9.17) is 46.4 Å². The lowest BCUT2D eigenvalue weighted by Gasteiger charge is -2.18. The molecule has 1 atom stereocenters. The van der Waals surface area contributed by atoms with Gasteiger partial charge in [0, 0.05) is 24.1 Å². The normalized spacial score (nSPS) is 13.2. The zero-order valence-electron chi connectivity index (χ0n) is 19.1. The highest BCUT2D eigenvalue weighted by Gasteiger charge is 2.39. The van der Waals surface area contributed by atoms with Crippen LogP contribution in [0.3, 0.4) is 0 Å². The van der Waals surface area contributed by atoms with E-state index < -0.39 is 24.0 Å². The molecule has 3 rings (SSSR count). The first-order chi connectivity index (χ1) is 17.6. The molecule has 0 fully saturated rings. The minimum Gasteiger partial charge on any atom is -0.299 e. The molecule has 1 aromatic heterocycles. The molecule has 0 amide bonds. The van der Waals surface area contributed by atoms with Crippen LogP contribution in [0.5, 0.6) is 0 Å². The van der Waals surface area contributed by atoms with Crippen molar-refractivity contribution < 1.29 is 31.1 Å². The molecule has 0 spiro atoms. The first-order valence-electron chi connectivity index (χ1n) is 10.9. The fourth-order valence-electron chi connectivity index (χ4n) is 3.53. The molecule has 2 nitrogen and oxygen atoms in total. The number of carbonyl (C=O) groups excluding carboxylic acids is 1. The van der Waals surface area contributed by atoms with Crippen LogP contribution in [0.1, 0.15) is 40.3 Å². The van der Waals surface area contributed by atoms with Gasteiger partial charge >= 0.3 is 12.4 Å². The number of hydrogen-bond donors (Lipinski definition) is 0. The van der Waals surface area contributed by atoms with Crippen LogP contribution in [0.2, 0.25) is 20.1 Å². The summed E-state index contributed by atoms with van der Waals surface area (Å²) in [7, 11) is 0. The summed E-state index contributed by atoms with van der Waals surface area (Å²) in [6.07, 6.45) is -5.78. The number of Topliss-reactive ketones (excluding diaryl/α,β-unsaturated/α-hetero) is 1. The number of carbonyl (C=O) groups is 1. The van der Waals surface area contributed by atoms with Crippen LogP contribution < -0.4 is 0 Å². The molecule has 12 heteroatoms. The SMILES string of the molecule is O=C(CCc1ccc(/C=C/C(c2cc(Cl)c(Cl)c(Cl)c2)C(F)(F)F)cc1Cl)Cc1ccc(C(F)(F)F)nc1. The molecule has 0 aliphatic carbocycles. The summed E-state index contributed by atoms with van der Waals surface area (Å²) >= 11 is 23.9. The van der Waals surface area contributed by atoms with Crippen LogP contribution in [0, 0.1) is 0 Å². The Morgan fingerprint density at radius 1 is 0.895 bits per heavy atom. The number of nitrogens with zero attached hydrogens (tertiary/aromatic N) is 1. The summed E-state index contributed by atoms with van der Waals surface area (Å²) in [6.45, 7) is 0. The van der Waals surface area contributed by atoms with E-state index in [1.165, 1.54) is 18.2 Å². The molecule has 0 bridgehead atoms. The molecular formula is C26H17Cl4F6NO. The summed E-state index contributed by atoms with van der Waals surface area (Å²) < 4.78 is 79.0. The third-order valence-electron chi connectivity index (χ3n) is 5.47. The van der Waals surface area contributed by atoms with Gasteiger partial charge in [-0.15, -0.1) is 0 Å². The lowest BCUT2D eigenvalue weighted by atomic mass is 9.96. The van der Waals surface area contributed by atoms with Gasteiger partial charge in [-0.2, -0.15) is 26.3 Å². The molecule has 1 unspecified atom stereocenters. The lowest BCUT2D eigenvalue weighted by molar-refractivity contribution is -0.141. The average Bonchev–Trinajstić information content (AvgIpc) is 2.81. The first-order valence-corrected chi connectivity index (χ1v) is 12.4. The van der Waals surface area contributed by atoms with Crippen LogP contribution in [0.25, 0.3) is 6.08 Å². The van der Waals surface area contributed by atoms with E-state index in [-0.39, 0.29) is 50.7 Å². The van der Waals surface area contributed by atoms with E-state index in [1.54, 1.807) is 12.1 Å². The molecule has 1 heterocycles. The summed E-state index contributed by atoms with van der Waals surface area (Å²) in [6, 6.07) is 8.82. The van der Waals surface area contributed by atoms with E-state index in [0.29, 0.717) is 16.7 Å². The standard InChI is InChI=1S/C26H17Cl4F6NO/c27-20-10-14(2-7-19(25(31,32)33)17-11-21(28)24(30)22(29)12-17)1-4-16(20)5-6-18(38)9-15-3-8-23(37-13-15)26(34,35)36/h1-4,7-8,10-13,19H,5-6,9H2/b7-2+. The van der Waals surface area contributed by atoms with Gasteiger partial charge < -0.3 is 0 Å². The van der Waals surface area contributed by atoms with Gasteiger partial charge in [0.05, 0.1) is 21.0 Å². The Morgan fingerprint density at radius 3 is 2.08 bits per heavy atom. The molecule has 0 N–H and O–H groups in total. The molecule has 0 saturated heterocycles. The van der Waals surface area contributed by atoms with Crippen LogP contribution in [-0.2, 0) is 23.8 Å². The van der Waals surface area contributed by atoms with E-state index in [1.807, 2.05) is 0 Å². The molecular weight excluding hydrogens is 598 g/mol. The topological polar surface area (TPSA) is 30.0 Å². The van der Waals surface area contributed by atoms with Gasteiger partial charge in [-0.3, -0.25) is 9.78 Å². The third kappa shape index (κ3) is 8.12. The Labute approximate surface area is 234 Å². The molecule has 38 heavy (non-hydrogen) atoms. The lowest BCUT2D eigenvalue weighted by Crippen LogP contribution is -2.19. The minimum atomic E-state index is -4.64. The molecule has 0 saturated carbocycles. The van der Waals surface area contributed by atoms with Gasteiger partial charge in [-0.05, 0) is 52.9 Å². The Bertz CT molecular complexity index is 1310. The van der Waals surface area contributed by atoms with Crippen LogP contribution in [0.15, 0.2) is 54.7 Å². The van der Waals surface area contributed by atoms with Gasteiger partial charge in [0.1, 0.15) is 11.5 Å². The third-order valence-corrected chi connectivity index (χ3v) is 7.01. The average molecular weight is 615 g/mol. The van der Waals surface area contributed by atoms with Crippen molar-refractivity contribution in [1.29, 1.82) is 0 Å². The zero-order chi connectivity index (χ0) is 28.3. The van der Waals surface area contributed by atoms with Gasteiger partial charge in [0.25, 0.3) is 0 Å².